The number of halogens is 1. The Morgan fingerprint density at radius 1 is 1.04 bits per heavy atom. The molecule has 0 aromatic heterocycles. The van der Waals surface area contributed by atoms with Gasteiger partial charge in [-0.25, -0.2) is 0 Å². The number of hydrogen-bond donors (Lipinski definition) is 1. The number of nitrogens with zero attached hydrogens (tertiary/aromatic N) is 2. The Kier molecular flexibility index (Phi) is 5.38. The summed E-state index contributed by atoms with van der Waals surface area (Å²) in [5.41, 5.74) is 7.97. The van der Waals surface area contributed by atoms with Gasteiger partial charge in [-0.1, -0.05) is 48.0 Å². The Hall–Kier alpha value is -2.04. The van der Waals surface area contributed by atoms with Crippen molar-refractivity contribution in [2.45, 2.75) is 5.92 Å². The largest absolute Gasteiger partial charge is 0.368 e. The van der Waals surface area contributed by atoms with Gasteiger partial charge in [-0.3, -0.25) is 4.79 Å². The first-order chi connectivity index (χ1) is 11.7. The highest BCUT2D eigenvalue weighted by Crippen LogP contribution is 2.23. The van der Waals surface area contributed by atoms with Crippen molar-refractivity contribution in [1.82, 2.24) is 4.90 Å². The molecule has 1 aliphatic heterocycles. The van der Waals surface area contributed by atoms with Gasteiger partial charge in [0.15, 0.2) is 0 Å². The molecule has 2 aromatic rings. The topological polar surface area (TPSA) is 49.6 Å². The average Bonchev–Trinajstić information content (AvgIpc) is 2.63. The standard InChI is InChI=1S/C19H22ClN3O/c20-16-7-4-8-17(13-16)22-9-11-23(12-10-22)19(24)18(14-21)15-5-2-1-3-6-15/h1-8,13,18H,9-12,14,21H2. The van der Waals surface area contributed by atoms with Crippen LogP contribution < -0.4 is 10.6 Å². The smallest absolute Gasteiger partial charge is 0.231 e. The zero-order chi connectivity index (χ0) is 16.9. The Balaban J connectivity index is 1.64. The van der Waals surface area contributed by atoms with Gasteiger partial charge in [0.05, 0.1) is 5.92 Å². The van der Waals surface area contributed by atoms with Crippen LogP contribution in [0.2, 0.25) is 5.02 Å². The lowest BCUT2D eigenvalue weighted by Crippen LogP contribution is -2.50. The van der Waals surface area contributed by atoms with Gasteiger partial charge in [0.1, 0.15) is 0 Å². The van der Waals surface area contributed by atoms with E-state index < -0.39 is 0 Å². The molecule has 24 heavy (non-hydrogen) atoms. The molecule has 2 N–H and O–H groups in total. The molecule has 1 atom stereocenters. The zero-order valence-electron chi connectivity index (χ0n) is 13.6. The monoisotopic (exact) mass is 343 g/mol. The molecule has 1 unspecified atom stereocenters. The van der Waals surface area contributed by atoms with Gasteiger partial charge >= 0.3 is 0 Å². The number of piperazine rings is 1. The quantitative estimate of drug-likeness (QED) is 0.928. The first-order valence-electron chi connectivity index (χ1n) is 8.23. The number of rotatable bonds is 4. The Labute approximate surface area is 147 Å². The molecule has 4 nitrogen and oxygen atoms in total. The van der Waals surface area contributed by atoms with Crippen molar-refractivity contribution in [3.05, 3.63) is 65.2 Å². The van der Waals surface area contributed by atoms with Crippen molar-refractivity contribution in [2.24, 2.45) is 5.73 Å². The van der Waals surface area contributed by atoms with E-state index in [9.17, 15) is 4.79 Å². The predicted molar refractivity (Wildman–Crippen MR) is 98.5 cm³/mol. The summed E-state index contributed by atoms with van der Waals surface area (Å²) in [5, 5.41) is 0.735. The summed E-state index contributed by atoms with van der Waals surface area (Å²) in [6.07, 6.45) is 0. The molecular weight excluding hydrogens is 322 g/mol. The number of amides is 1. The minimum Gasteiger partial charge on any atom is -0.368 e. The lowest BCUT2D eigenvalue weighted by molar-refractivity contribution is -0.132. The van der Waals surface area contributed by atoms with Crippen LogP contribution in [0.5, 0.6) is 0 Å². The lowest BCUT2D eigenvalue weighted by Gasteiger charge is -2.37. The Morgan fingerprint density at radius 3 is 2.38 bits per heavy atom. The molecule has 0 saturated carbocycles. The number of carbonyl (C=O) groups is 1. The van der Waals surface area contributed by atoms with Gasteiger partial charge in [-0.05, 0) is 23.8 Å². The summed E-state index contributed by atoms with van der Waals surface area (Å²) in [5.74, 6) is -0.140. The highest BCUT2D eigenvalue weighted by atomic mass is 35.5. The second-order valence-electron chi connectivity index (χ2n) is 5.99. The van der Waals surface area contributed by atoms with E-state index in [1.54, 1.807) is 0 Å². The fraction of sp³-hybridized carbons (Fsp3) is 0.316. The van der Waals surface area contributed by atoms with E-state index in [1.807, 2.05) is 53.4 Å². The van der Waals surface area contributed by atoms with Gasteiger partial charge in [0.25, 0.3) is 0 Å². The number of nitrogens with two attached hydrogens (primary N) is 1. The van der Waals surface area contributed by atoms with Crippen LogP contribution in [0.1, 0.15) is 11.5 Å². The van der Waals surface area contributed by atoms with Gasteiger partial charge in [-0.2, -0.15) is 0 Å². The highest BCUT2D eigenvalue weighted by molar-refractivity contribution is 6.30. The zero-order valence-corrected chi connectivity index (χ0v) is 14.3. The maximum Gasteiger partial charge on any atom is 0.231 e. The van der Waals surface area contributed by atoms with Crippen molar-refractivity contribution in [3.63, 3.8) is 0 Å². The van der Waals surface area contributed by atoms with E-state index >= 15 is 0 Å². The third kappa shape index (κ3) is 3.71. The van der Waals surface area contributed by atoms with E-state index in [-0.39, 0.29) is 11.8 Å². The molecule has 0 aliphatic carbocycles. The molecule has 0 bridgehead atoms. The second kappa shape index (κ2) is 7.69. The third-order valence-corrected chi connectivity index (χ3v) is 4.74. The van der Waals surface area contributed by atoms with Crippen molar-refractivity contribution in [2.75, 3.05) is 37.6 Å². The second-order valence-corrected chi connectivity index (χ2v) is 6.43. The molecule has 1 aliphatic rings. The number of hydrogen-bond acceptors (Lipinski definition) is 3. The summed E-state index contributed by atoms with van der Waals surface area (Å²) in [6.45, 7) is 3.34. The van der Waals surface area contributed by atoms with Gasteiger partial charge in [0.2, 0.25) is 5.91 Å². The molecule has 0 radical (unpaired) electrons. The highest BCUT2D eigenvalue weighted by Gasteiger charge is 2.27. The fourth-order valence-electron chi connectivity index (χ4n) is 3.14. The first kappa shape index (κ1) is 16.8. The van der Waals surface area contributed by atoms with Crippen LogP contribution in [-0.2, 0) is 4.79 Å². The predicted octanol–water partition coefficient (Wildman–Crippen LogP) is 2.73. The van der Waals surface area contributed by atoms with E-state index in [0.29, 0.717) is 19.6 Å². The number of anilines is 1. The van der Waals surface area contributed by atoms with Gasteiger partial charge in [0, 0.05) is 43.4 Å². The minimum atomic E-state index is -0.260. The van der Waals surface area contributed by atoms with Crippen molar-refractivity contribution in [1.29, 1.82) is 0 Å². The van der Waals surface area contributed by atoms with Crippen LogP contribution in [0, 0.1) is 0 Å². The molecule has 1 amide bonds. The van der Waals surface area contributed by atoms with Crippen LogP contribution >= 0.6 is 11.6 Å². The summed E-state index contributed by atoms with van der Waals surface area (Å²) >= 11 is 6.07. The summed E-state index contributed by atoms with van der Waals surface area (Å²) in [7, 11) is 0. The molecule has 3 rings (SSSR count). The summed E-state index contributed by atoms with van der Waals surface area (Å²) in [6, 6.07) is 17.6. The SMILES string of the molecule is NCC(C(=O)N1CCN(c2cccc(Cl)c2)CC1)c1ccccc1. The summed E-state index contributed by atoms with van der Waals surface area (Å²) in [4.78, 5) is 17.0. The molecule has 126 valence electrons. The molecule has 1 heterocycles. The van der Waals surface area contributed by atoms with Crippen molar-refractivity contribution < 1.29 is 4.79 Å². The lowest BCUT2D eigenvalue weighted by atomic mass is 9.97. The maximum atomic E-state index is 12.8. The van der Waals surface area contributed by atoms with Crippen molar-refractivity contribution >= 4 is 23.2 Å². The molecular formula is C19H22ClN3O. The van der Waals surface area contributed by atoms with Crippen LogP contribution in [0.25, 0.3) is 0 Å². The normalized spacial score (nSPS) is 16.1. The van der Waals surface area contributed by atoms with Gasteiger partial charge < -0.3 is 15.5 Å². The number of carbonyl (C=O) groups excluding carboxylic acids is 1. The molecule has 5 heteroatoms. The van der Waals surface area contributed by atoms with E-state index in [2.05, 4.69) is 11.0 Å². The minimum absolute atomic E-state index is 0.120. The average molecular weight is 344 g/mol. The van der Waals surface area contributed by atoms with E-state index in [4.69, 9.17) is 17.3 Å². The first-order valence-corrected chi connectivity index (χ1v) is 8.61. The molecule has 1 saturated heterocycles. The van der Waals surface area contributed by atoms with Crippen LogP contribution in [-0.4, -0.2) is 43.5 Å². The fourth-order valence-corrected chi connectivity index (χ4v) is 3.33. The number of benzene rings is 2. The van der Waals surface area contributed by atoms with Crippen LogP contribution in [0.4, 0.5) is 5.69 Å². The van der Waals surface area contributed by atoms with Gasteiger partial charge in [-0.15, -0.1) is 0 Å². The Bertz CT molecular complexity index is 684. The van der Waals surface area contributed by atoms with E-state index in [0.717, 1.165) is 29.4 Å². The third-order valence-electron chi connectivity index (χ3n) is 4.50. The van der Waals surface area contributed by atoms with Crippen molar-refractivity contribution in [3.8, 4) is 0 Å². The maximum absolute atomic E-state index is 12.8. The summed E-state index contributed by atoms with van der Waals surface area (Å²) < 4.78 is 0. The molecule has 2 aromatic carbocycles. The molecule has 0 spiro atoms. The molecule has 1 fully saturated rings. The van der Waals surface area contributed by atoms with Crippen LogP contribution in [0.3, 0.4) is 0 Å². The Morgan fingerprint density at radius 2 is 1.75 bits per heavy atom. The van der Waals surface area contributed by atoms with Crippen LogP contribution in [0.15, 0.2) is 54.6 Å². The van der Waals surface area contributed by atoms with E-state index in [1.165, 1.54) is 0 Å².